The minimum absolute atomic E-state index is 0.195. The Kier molecular flexibility index (Phi) is 36.6. The van der Waals surface area contributed by atoms with Gasteiger partial charge in [-0.05, 0) is 335 Å². The van der Waals surface area contributed by atoms with E-state index in [2.05, 4.69) is 535 Å². The van der Waals surface area contributed by atoms with Gasteiger partial charge in [-0.3, -0.25) is 14.0 Å². The summed E-state index contributed by atoms with van der Waals surface area (Å²) in [6, 6.07) is 70.4. The third-order valence-electron chi connectivity index (χ3n) is 26.1. The van der Waals surface area contributed by atoms with Crippen LogP contribution in [0.2, 0.25) is 0 Å². The smallest absolute Gasteiger partial charge is 0.0960 e. The van der Waals surface area contributed by atoms with Crippen molar-refractivity contribution in [3.05, 3.63) is 288 Å². The van der Waals surface area contributed by atoms with Crippen molar-refractivity contribution in [1.82, 2.24) is 71.7 Å². The average molecular weight is 1850 g/mol. The number of hydrogen-bond acceptors (Lipinski definition) is 6. The van der Waals surface area contributed by atoms with Crippen molar-refractivity contribution >= 4 is 98.5 Å². The van der Waals surface area contributed by atoms with Crippen LogP contribution in [0.5, 0.6) is 0 Å². The monoisotopic (exact) mass is 1840 g/mol. The van der Waals surface area contributed by atoms with Crippen LogP contribution in [0, 0.1) is 0 Å². The Labute approximate surface area is 823 Å². The molecule has 0 radical (unpaired) electrons. The highest BCUT2D eigenvalue weighted by molar-refractivity contribution is 5.87. The Balaban J connectivity index is 0.000000159. The molecule has 15 heteroatoms. The number of aromatic nitrogens is 15. The van der Waals surface area contributed by atoms with Crippen molar-refractivity contribution in [2.45, 2.75) is 370 Å². The van der Waals surface area contributed by atoms with Crippen LogP contribution in [-0.4, -0.2) is 71.7 Å². The summed E-state index contributed by atoms with van der Waals surface area (Å²) in [5.41, 5.74) is 27.7. The molecule has 0 unspecified atom stereocenters. The summed E-state index contributed by atoms with van der Waals surface area (Å²) in [6.07, 6.45) is 18.3. The van der Waals surface area contributed by atoms with Crippen molar-refractivity contribution in [2.75, 3.05) is 0 Å². The maximum Gasteiger partial charge on any atom is 0.0960 e. The van der Waals surface area contributed by atoms with Gasteiger partial charge < -0.3 is 27.4 Å². The van der Waals surface area contributed by atoms with E-state index in [9.17, 15) is 0 Å². The summed E-state index contributed by atoms with van der Waals surface area (Å²) < 4.78 is 19.9. The van der Waals surface area contributed by atoms with E-state index in [1.54, 1.807) is 0 Å². The fourth-order valence-corrected chi connectivity index (χ4v) is 17.6. The highest BCUT2D eigenvalue weighted by atomic mass is 15.3. The first kappa shape index (κ1) is 107. The van der Waals surface area contributed by atoms with Gasteiger partial charge in [0.1, 0.15) is 0 Å². The van der Waals surface area contributed by atoms with E-state index >= 15 is 0 Å². The first-order chi connectivity index (χ1) is 64.5. The zero-order valence-electron chi connectivity index (χ0n) is 91.0. The van der Waals surface area contributed by atoms with Gasteiger partial charge in [0.2, 0.25) is 0 Å². The number of fused-ring (bicyclic) bond motifs is 9. The van der Waals surface area contributed by atoms with Gasteiger partial charge in [-0.2, -0.15) is 15.3 Å². The van der Waals surface area contributed by atoms with E-state index < -0.39 is 0 Å². The Morgan fingerprint density at radius 2 is 0.591 bits per heavy atom. The summed E-state index contributed by atoms with van der Waals surface area (Å²) in [6.45, 7) is 84.0. The molecule has 0 spiro atoms. The van der Waals surface area contributed by atoms with Crippen LogP contribution in [0.4, 0.5) is 0 Å². The van der Waals surface area contributed by atoms with Gasteiger partial charge in [-0.25, -0.2) is 15.0 Å². The molecule has 732 valence electrons. The molecule has 0 N–H and O–H groups in total. The summed E-state index contributed by atoms with van der Waals surface area (Å²) in [5.74, 6) is 4.01. The molecule has 9 aromatic heterocycles. The van der Waals surface area contributed by atoms with Gasteiger partial charge in [-0.15, -0.1) is 0 Å². The van der Waals surface area contributed by atoms with Crippen molar-refractivity contribution in [3.63, 3.8) is 0 Å². The molecule has 18 aromatic rings. The van der Waals surface area contributed by atoms with Crippen LogP contribution >= 0.6 is 0 Å². The Bertz CT molecular complexity index is 6320. The second-order valence-electron chi connectivity index (χ2n) is 44.3. The summed E-state index contributed by atoms with van der Waals surface area (Å²) >= 11 is 0. The molecule has 137 heavy (non-hydrogen) atoms. The highest BCUT2D eigenvalue weighted by Crippen LogP contribution is 2.36. The fourth-order valence-electron chi connectivity index (χ4n) is 17.6. The first-order valence-electron chi connectivity index (χ1n) is 51.1. The van der Waals surface area contributed by atoms with Gasteiger partial charge in [-0.1, -0.05) is 223 Å². The first-order valence-corrected chi connectivity index (χ1v) is 51.1. The van der Waals surface area contributed by atoms with Gasteiger partial charge in [0, 0.05) is 111 Å². The van der Waals surface area contributed by atoms with Gasteiger partial charge in [0.15, 0.2) is 0 Å². The predicted molar refractivity (Wildman–Crippen MR) is 594 cm³/mol. The lowest BCUT2D eigenvalue weighted by molar-refractivity contribution is 0.548. The van der Waals surface area contributed by atoms with E-state index in [1.807, 2.05) is 37.6 Å². The largest absolute Gasteiger partial charge is 0.345 e. The van der Waals surface area contributed by atoms with Crippen molar-refractivity contribution < 1.29 is 0 Å². The molecule has 18 rings (SSSR count). The average Bonchev–Trinajstić information content (AvgIpc) is 1.62. The minimum Gasteiger partial charge on any atom is -0.345 e. The lowest BCUT2D eigenvalue weighted by Gasteiger charge is -2.20. The molecule has 0 aliphatic rings. The van der Waals surface area contributed by atoms with Crippen LogP contribution in [0.15, 0.2) is 238 Å². The van der Waals surface area contributed by atoms with E-state index in [0.29, 0.717) is 95.8 Å². The SMILES string of the molecule is CC(C)c1ccc2c(c1)ncn2C(C)C.CC(C)c1ccc2c(ccn2C(C)C)c1.CC(C)c1ccc2c(cnn2C(C)C)c1.CC(C)c1ccc2ncn(C(C)C)c2c1.CC(C)c1cccc2c1ccn2C(C)C.CC(C)c1cccc2c1cnn2C(C)C.CC(C)c1cccc2c1ncn2C(C)C.CC(C)n1ccc2ccc(C(C)(C)C)cc21.CC(C)n1ncc2ccc(C(C)(C)C)cc21. The van der Waals surface area contributed by atoms with Crippen LogP contribution in [0.1, 0.15) is 409 Å². The lowest BCUT2D eigenvalue weighted by atomic mass is 9.87. The van der Waals surface area contributed by atoms with E-state index in [0.717, 1.165) is 16.6 Å². The quantitative estimate of drug-likeness (QED) is 0.0950. The second-order valence-corrected chi connectivity index (χ2v) is 44.3. The summed E-state index contributed by atoms with van der Waals surface area (Å²) in [4.78, 5) is 13.4. The third-order valence-corrected chi connectivity index (χ3v) is 26.1. The molecule has 0 aliphatic heterocycles. The molecular formula is C122H169N15. The normalized spacial score (nSPS) is 12.0. The molecule has 9 heterocycles. The summed E-state index contributed by atoms with van der Waals surface area (Å²) in [7, 11) is 0. The number of rotatable bonds is 16. The minimum atomic E-state index is 0.195. The maximum absolute atomic E-state index is 4.52. The molecule has 0 saturated carbocycles. The van der Waals surface area contributed by atoms with Crippen molar-refractivity contribution in [3.8, 4) is 0 Å². The van der Waals surface area contributed by atoms with Crippen molar-refractivity contribution in [1.29, 1.82) is 0 Å². The number of benzene rings is 9. The molecular weight excluding hydrogens is 1680 g/mol. The standard InChI is InChI=1S/C15H21N.C14H20N2.2C14H19N.5C13H18N2/c1-11(2)16-9-8-12-6-7-13(10-14(12)16)15(3,4)5;1-10(2)16-13-8-12(14(3,4)5)7-6-11(13)9-15-16;1-10(2)12-5-6-14-13(9-12)7-8-15(14)11(3)4;1-10(2)12-6-5-7-14-13(12)8-9-15(14)11(3)4;1-9(2)11-5-6-13-12(7-11)14-8-15(13)10(3)4;1-9(2)11-5-6-13-12(7-11)8-14-15(13)10(3)4;1-9(2)11-5-6-12-13(7-11)15(8-14-12)10(3)4;1-9(2)11-6-5-7-13-12(11)8-14-15(13)10(3)4;1-9(2)11-6-5-7-12-13(11)14-8-15(12)10(3)4/h6-11H,1-5H3;6-10H,1-5H3;2*5-11H,1-4H3;5*5-10H,1-4H3. The zero-order chi connectivity index (χ0) is 101. The van der Waals surface area contributed by atoms with Crippen LogP contribution in [0.3, 0.4) is 0 Å². The Morgan fingerprint density at radius 1 is 0.219 bits per heavy atom. The fraction of sp³-hybridized carbons (Fsp3) is 0.459. The third kappa shape index (κ3) is 26.5. The number of hydrogen-bond donors (Lipinski definition) is 0. The maximum atomic E-state index is 4.52. The zero-order valence-corrected chi connectivity index (χ0v) is 91.0. The molecule has 0 amide bonds. The predicted octanol–water partition coefficient (Wildman–Crippen LogP) is 35.8. The van der Waals surface area contributed by atoms with Crippen LogP contribution < -0.4 is 0 Å². The lowest BCUT2D eigenvalue weighted by Crippen LogP contribution is -2.11. The second kappa shape index (κ2) is 46.7. The molecule has 0 saturated heterocycles. The molecule has 0 atom stereocenters. The van der Waals surface area contributed by atoms with Gasteiger partial charge in [0.05, 0.1) is 87.2 Å². The number of nitrogens with zero attached hydrogens (tertiary/aromatic N) is 15. The van der Waals surface area contributed by atoms with Gasteiger partial charge >= 0.3 is 0 Å². The number of imidazole rings is 3. The molecule has 15 nitrogen and oxygen atoms in total. The van der Waals surface area contributed by atoms with E-state index in [4.69, 9.17) is 0 Å². The summed E-state index contributed by atoms with van der Waals surface area (Å²) in [5, 5.41) is 21.2. The molecule has 9 aromatic carbocycles. The van der Waals surface area contributed by atoms with E-state index in [1.165, 1.54) is 132 Å². The van der Waals surface area contributed by atoms with E-state index in [-0.39, 0.29) is 10.8 Å². The molecule has 0 bridgehead atoms. The van der Waals surface area contributed by atoms with Gasteiger partial charge in [0.25, 0.3) is 0 Å². The molecule has 0 fully saturated rings. The van der Waals surface area contributed by atoms with Crippen LogP contribution in [0.25, 0.3) is 98.5 Å². The highest BCUT2D eigenvalue weighted by Gasteiger charge is 2.21. The Hall–Kier alpha value is -11.6. The Morgan fingerprint density at radius 3 is 1.10 bits per heavy atom. The van der Waals surface area contributed by atoms with Crippen molar-refractivity contribution in [2.24, 2.45) is 0 Å². The molecule has 0 aliphatic carbocycles. The van der Waals surface area contributed by atoms with Crippen LogP contribution in [-0.2, 0) is 10.8 Å². The number of para-hydroxylation sites is 1. The topological polar surface area (TPSA) is 122 Å².